The maximum Gasteiger partial charge on any atom is 0.123 e. The van der Waals surface area contributed by atoms with E-state index in [9.17, 15) is 5.11 Å². The summed E-state index contributed by atoms with van der Waals surface area (Å²) in [5, 5.41) is 18.1. The molecule has 0 bridgehead atoms. The first-order valence-electron chi connectivity index (χ1n) is 14.1. The molecule has 0 saturated heterocycles. The van der Waals surface area contributed by atoms with E-state index >= 15 is 0 Å². The highest BCUT2D eigenvalue weighted by Crippen LogP contribution is 2.40. The van der Waals surface area contributed by atoms with Gasteiger partial charge in [0.2, 0.25) is 0 Å². The molecule has 0 amide bonds. The fourth-order valence-corrected chi connectivity index (χ4v) is 5.28. The number of rotatable bonds is 8. The summed E-state index contributed by atoms with van der Waals surface area (Å²) in [6, 6.07) is 21.5. The van der Waals surface area contributed by atoms with E-state index in [1.165, 1.54) is 17.5 Å². The number of hydrogen-bond acceptors (Lipinski definition) is 3. The predicted octanol–water partition coefficient (Wildman–Crippen LogP) is 9.96. The minimum absolute atomic E-state index is 0.130. The van der Waals surface area contributed by atoms with Crippen molar-refractivity contribution in [2.45, 2.75) is 99.5 Å². The molecule has 3 aromatic rings. The van der Waals surface area contributed by atoms with Crippen LogP contribution in [0.15, 0.2) is 60.7 Å². The van der Waals surface area contributed by atoms with E-state index < -0.39 is 0 Å². The fourth-order valence-electron chi connectivity index (χ4n) is 5.28. The lowest BCUT2D eigenvalue weighted by atomic mass is 9.78. The first kappa shape index (κ1) is 29.6. The Labute approximate surface area is 232 Å². The summed E-state index contributed by atoms with van der Waals surface area (Å²) in [4.78, 5) is 0. The van der Waals surface area contributed by atoms with E-state index in [4.69, 9.17) is 0 Å². The number of nitrogens with one attached hydrogen (secondary N) is 2. The van der Waals surface area contributed by atoms with E-state index in [-0.39, 0.29) is 10.8 Å². The molecular weight excluding hydrogens is 464 g/mol. The first-order chi connectivity index (χ1) is 17.5. The van der Waals surface area contributed by atoms with Gasteiger partial charge >= 0.3 is 0 Å². The van der Waals surface area contributed by atoms with Crippen LogP contribution in [0.5, 0.6) is 5.75 Å². The van der Waals surface area contributed by atoms with Crippen LogP contribution in [0.3, 0.4) is 0 Å². The molecule has 0 aromatic heterocycles. The number of phenols is 1. The summed E-state index contributed by atoms with van der Waals surface area (Å²) in [6.45, 7) is 22.9. The molecule has 38 heavy (non-hydrogen) atoms. The minimum atomic E-state index is -0.130. The Morgan fingerprint density at radius 2 is 1.24 bits per heavy atom. The van der Waals surface area contributed by atoms with Crippen LogP contribution in [0.2, 0.25) is 0 Å². The smallest absolute Gasteiger partial charge is 0.123 e. The highest BCUT2D eigenvalue weighted by Gasteiger charge is 2.26. The normalized spacial score (nSPS) is 13.3. The van der Waals surface area contributed by atoms with Gasteiger partial charge in [0.05, 0.1) is 0 Å². The van der Waals surface area contributed by atoms with Crippen molar-refractivity contribution in [3.8, 4) is 5.75 Å². The van der Waals surface area contributed by atoms with Crippen molar-refractivity contribution in [2.75, 3.05) is 10.6 Å². The van der Waals surface area contributed by atoms with Gasteiger partial charge < -0.3 is 15.7 Å². The molecule has 1 unspecified atom stereocenters. The third-order valence-corrected chi connectivity index (χ3v) is 6.93. The Balaban J connectivity index is 1.67. The number of phenolic OH excluding ortho intramolecular Hbond substituents is 1. The van der Waals surface area contributed by atoms with Crippen LogP contribution in [0.25, 0.3) is 0 Å². The summed E-state index contributed by atoms with van der Waals surface area (Å²) >= 11 is 0. The predicted molar refractivity (Wildman–Crippen MR) is 166 cm³/mol. The van der Waals surface area contributed by atoms with Gasteiger partial charge in [-0.1, -0.05) is 81.4 Å². The third-order valence-electron chi connectivity index (χ3n) is 6.93. The summed E-state index contributed by atoms with van der Waals surface area (Å²) < 4.78 is 0. The molecule has 206 valence electrons. The number of benzene rings is 3. The van der Waals surface area contributed by atoms with Crippen LogP contribution in [-0.4, -0.2) is 5.11 Å². The lowest BCUT2D eigenvalue weighted by molar-refractivity contribution is 0.306. The van der Waals surface area contributed by atoms with Gasteiger partial charge in [-0.05, 0) is 106 Å². The Kier molecular flexibility index (Phi) is 8.91. The van der Waals surface area contributed by atoms with E-state index in [2.05, 4.69) is 141 Å². The molecule has 3 N–H and O–H groups in total. The Bertz CT molecular complexity index is 1170. The zero-order valence-corrected chi connectivity index (χ0v) is 25.4. The molecule has 3 nitrogen and oxygen atoms in total. The monoisotopic (exact) mass is 514 g/mol. The second-order valence-corrected chi connectivity index (χ2v) is 14.4. The standard InChI is InChI=1S/C35H50N2O/c1-24(22-33(2,3)4)18-25-12-11-13-29(19-25)37-28-16-14-27(15-17-28)36-23-26-20-30(34(5,6)7)32(38)31(21-26)35(8,9)10/h11-17,19-21,24,36-38H,18,22-23H2,1-10H3. The van der Waals surface area contributed by atoms with Gasteiger partial charge in [-0.15, -0.1) is 0 Å². The molecule has 0 radical (unpaired) electrons. The lowest BCUT2D eigenvalue weighted by Gasteiger charge is -2.28. The van der Waals surface area contributed by atoms with Crippen LogP contribution < -0.4 is 10.6 Å². The van der Waals surface area contributed by atoms with Gasteiger partial charge in [0.15, 0.2) is 0 Å². The van der Waals surface area contributed by atoms with Crippen LogP contribution in [0.1, 0.15) is 97.9 Å². The van der Waals surface area contributed by atoms with Crippen LogP contribution in [0.4, 0.5) is 17.1 Å². The zero-order valence-electron chi connectivity index (χ0n) is 25.4. The molecule has 0 spiro atoms. The second kappa shape index (κ2) is 11.4. The van der Waals surface area contributed by atoms with E-state index in [1.54, 1.807) is 0 Å². The summed E-state index contributed by atoms with van der Waals surface area (Å²) in [6.07, 6.45) is 2.32. The van der Waals surface area contributed by atoms with E-state index in [0.717, 1.165) is 34.6 Å². The first-order valence-corrected chi connectivity index (χ1v) is 14.1. The van der Waals surface area contributed by atoms with Gasteiger partial charge in [0.25, 0.3) is 0 Å². The highest BCUT2D eigenvalue weighted by molar-refractivity contribution is 5.63. The lowest BCUT2D eigenvalue weighted by Crippen LogP contribution is -2.18. The molecule has 0 heterocycles. The summed E-state index contributed by atoms with van der Waals surface area (Å²) in [7, 11) is 0. The van der Waals surface area contributed by atoms with Gasteiger partial charge in [0, 0.05) is 23.6 Å². The van der Waals surface area contributed by atoms with Gasteiger partial charge in [-0.25, -0.2) is 0 Å². The maximum absolute atomic E-state index is 11.0. The molecule has 3 rings (SSSR count). The second-order valence-electron chi connectivity index (χ2n) is 14.4. The van der Waals surface area contributed by atoms with E-state index in [1.807, 2.05) is 0 Å². The molecule has 0 fully saturated rings. The van der Waals surface area contributed by atoms with Crippen molar-refractivity contribution in [1.29, 1.82) is 0 Å². The van der Waals surface area contributed by atoms with Gasteiger partial charge in [0.1, 0.15) is 5.75 Å². The van der Waals surface area contributed by atoms with E-state index in [0.29, 0.717) is 23.6 Å². The summed E-state index contributed by atoms with van der Waals surface area (Å²) in [5.74, 6) is 1.08. The fraction of sp³-hybridized carbons (Fsp3) is 0.486. The largest absolute Gasteiger partial charge is 0.507 e. The van der Waals surface area contributed by atoms with Gasteiger partial charge in [-0.3, -0.25) is 0 Å². The maximum atomic E-state index is 11.0. The average molecular weight is 515 g/mol. The van der Waals surface area contributed by atoms with Crippen LogP contribution in [0, 0.1) is 11.3 Å². The Morgan fingerprint density at radius 3 is 1.76 bits per heavy atom. The van der Waals surface area contributed by atoms with Crippen molar-refractivity contribution < 1.29 is 5.11 Å². The van der Waals surface area contributed by atoms with Crippen molar-refractivity contribution in [1.82, 2.24) is 0 Å². The molecule has 3 aromatic carbocycles. The molecular formula is C35H50N2O. The van der Waals surface area contributed by atoms with Crippen molar-refractivity contribution in [3.05, 3.63) is 82.9 Å². The number of hydrogen-bond donors (Lipinski definition) is 3. The third kappa shape index (κ3) is 8.55. The number of anilines is 3. The van der Waals surface area contributed by atoms with Crippen molar-refractivity contribution >= 4 is 17.1 Å². The molecule has 0 saturated carbocycles. The van der Waals surface area contributed by atoms with Crippen LogP contribution >= 0.6 is 0 Å². The van der Waals surface area contributed by atoms with Crippen molar-refractivity contribution in [2.24, 2.45) is 11.3 Å². The molecule has 1 atom stereocenters. The quantitative estimate of drug-likeness (QED) is 0.280. The van der Waals surface area contributed by atoms with Crippen LogP contribution in [-0.2, 0) is 23.8 Å². The molecule has 0 aliphatic carbocycles. The topological polar surface area (TPSA) is 44.3 Å². The minimum Gasteiger partial charge on any atom is -0.507 e. The molecule has 3 heteroatoms. The SMILES string of the molecule is CC(Cc1cccc(Nc2ccc(NCc3cc(C(C)(C)C)c(O)c(C(C)(C)C)c3)cc2)c1)CC(C)(C)C. The Morgan fingerprint density at radius 1 is 0.684 bits per heavy atom. The summed E-state index contributed by atoms with van der Waals surface area (Å²) in [5.41, 5.74) is 7.92. The zero-order chi connectivity index (χ0) is 28.3. The average Bonchev–Trinajstić information content (AvgIpc) is 2.76. The highest BCUT2D eigenvalue weighted by atomic mass is 16.3. The number of aromatic hydroxyl groups is 1. The Hall–Kier alpha value is -2.94. The molecule has 0 aliphatic rings. The van der Waals surface area contributed by atoms with Gasteiger partial charge in [-0.2, -0.15) is 0 Å². The molecule has 0 aliphatic heterocycles. The van der Waals surface area contributed by atoms with Crippen molar-refractivity contribution in [3.63, 3.8) is 0 Å².